The molecule has 0 bridgehead atoms. The lowest BCUT2D eigenvalue weighted by Gasteiger charge is -2.19. The van der Waals surface area contributed by atoms with Gasteiger partial charge in [-0.2, -0.15) is 0 Å². The molecule has 1 aliphatic rings. The molecular formula is C17H18N2O2S. The molecule has 1 atom stereocenters. The molecule has 1 aromatic heterocycles. The van der Waals surface area contributed by atoms with E-state index in [4.69, 9.17) is 0 Å². The van der Waals surface area contributed by atoms with Gasteiger partial charge in [-0.25, -0.2) is 0 Å². The van der Waals surface area contributed by atoms with Crippen LogP contribution < -0.4 is 0 Å². The number of carbonyl (C=O) groups is 2. The van der Waals surface area contributed by atoms with Crippen molar-refractivity contribution in [2.24, 2.45) is 7.05 Å². The highest BCUT2D eigenvalue weighted by molar-refractivity contribution is 8.18. The van der Waals surface area contributed by atoms with E-state index in [-0.39, 0.29) is 17.2 Å². The first kappa shape index (κ1) is 14.9. The summed E-state index contributed by atoms with van der Waals surface area (Å²) >= 11 is 1.03. The lowest BCUT2D eigenvalue weighted by atomic mass is 10.1. The summed E-state index contributed by atoms with van der Waals surface area (Å²) in [6.45, 7) is 3.87. The van der Waals surface area contributed by atoms with Crippen molar-refractivity contribution < 1.29 is 9.59 Å². The van der Waals surface area contributed by atoms with Gasteiger partial charge in [0.1, 0.15) is 0 Å². The molecule has 3 rings (SSSR count). The molecular weight excluding hydrogens is 296 g/mol. The first-order valence-corrected chi connectivity index (χ1v) is 8.15. The van der Waals surface area contributed by atoms with Gasteiger partial charge in [-0.05, 0) is 37.2 Å². The number of nitrogens with zero attached hydrogens (tertiary/aromatic N) is 2. The Morgan fingerprint density at radius 2 is 2.00 bits per heavy atom. The molecule has 5 heteroatoms. The molecule has 4 nitrogen and oxygen atoms in total. The minimum Gasteiger partial charge on any atom is -0.350 e. The molecule has 2 heterocycles. The van der Waals surface area contributed by atoms with Gasteiger partial charge in [-0.15, -0.1) is 0 Å². The SMILES string of the molecule is CCC(C)N1C(=O)S/C(=C/c2cn(C)c3ccccc23)C1=O. The number of hydrogen-bond donors (Lipinski definition) is 0. The van der Waals surface area contributed by atoms with Crippen LogP contribution >= 0.6 is 11.8 Å². The molecule has 0 aliphatic carbocycles. The van der Waals surface area contributed by atoms with Crippen LogP contribution in [0.1, 0.15) is 25.8 Å². The summed E-state index contributed by atoms with van der Waals surface area (Å²) in [6.07, 6.45) is 4.58. The fourth-order valence-corrected chi connectivity index (χ4v) is 3.59. The zero-order valence-corrected chi connectivity index (χ0v) is 13.7. The number of benzene rings is 1. The van der Waals surface area contributed by atoms with Gasteiger partial charge in [0, 0.05) is 35.8 Å². The predicted molar refractivity (Wildman–Crippen MR) is 90.5 cm³/mol. The second kappa shape index (κ2) is 5.65. The number of amides is 2. The van der Waals surface area contributed by atoms with Crippen LogP contribution in [0.2, 0.25) is 0 Å². The number of aryl methyl sites for hydroxylation is 1. The first-order chi connectivity index (χ1) is 10.5. The molecule has 1 aliphatic heterocycles. The van der Waals surface area contributed by atoms with E-state index in [1.54, 1.807) is 0 Å². The standard InChI is InChI=1S/C17H18N2O2S/c1-4-11(2)19-16(20)15(22-17(19)21)9-12-10-18(3)14-8-6-5-7-13(12)14/h5-11H,4H2,1-3H3/b15-9+. The fourth-order valence-electron chi connectivity index (χ4n) is 2.67. The van der Waals surface area contributed by atoms with Crippen molar-refractivity contribution in [1.82, 2.24) is 9.47 Å². The molecule has 1 fully saturated rings. The van der Waals surface area contributed by atoms with Crippen molar-refractivity contribution in [3.63, 3.8) is 0 Å². The molecule has 2 aromatic rings. The first-order valence-electron chi connectivity index (χ1n) is 7.34. The molecule has 0 spiro atoms. The third-order valence-corrected chi connectivity index (χ3v) is 4.95. The van der Waals surface area contributed by atoms with E-state index in [2.05, 4.69) is 0 Å². The Balaban J connectivity index is 2.02. The van der Waals surface area contributed by atoms with Gasteiger partial charge in [0.05, 0.1) is 4.91 Å². The summed E-state index contributed by atoms with van der Waals surface area (Å²) in [6, 6.07) is 7.97. The minimum atomic E-state index is -0.183. The van der Waals surface area contributed by atoms with Crippen molar-refractivity contribution in [3.05, 3.63) is 40.9 Å². The molecule has 1 unspecified atom stereocenters. The number of hydrogen-bond acceptors (Lipinski definition) is 3. The Labute approximate surface area is 133 Å². The maximum Gasteiger partial charge on any atom is 0.293 e. The Morgan fingerprint density at radius 3 is 2.73 bits per heavy atom. The maximum atomic E-state index is 12.5. The molecule has 1 saturated heterocycles. The number of rotatable bonds is 3. The zero-order valence-electron chi connectivity index (χ0n) is 12.9. The Kier molecular flexibility index (Phi) is 3.83. The predicted octanol–water partition coefficient (Wildman–Crippen LogP) is 4.01. The highest BCUT2D eigenvalue weighted by atomic mass is 32.2. The van der Waals surface area contributed by atoms with Crippen LogP contribution in [0.15, 0.2) is 35.4 Å². The second-order valence-corrected chi connectivity index (χ2v) is 6.51. The van der Waals surface area contributed by atoms with E-state index >= 15 is 0 Å². The van der Waals surface area contributed by atoms with Crippen molar-refractivity contribution in [2.45, 2.75) is 26.3 Å². The highest BCUT2D eigenvalue weighted by Crippen LogP contribution is 2.35. The largest absolute Gasteiger partial charge is 0.350 e. The van der Waals surface area contributed by atoms with E-state index in [1.807, 2.05) is 62.0 Å². The molecule has 0 radical (unpaired) electrons. The summed E-state index contributed by atoms with van der Waals surface area (Å²) in [5.74, 6) is -0.183. The lowest BCUT2D eigenvalue weighted by molar-refractivity contribution is -0.124. The molecule has 1 aromatic carbocycles. The zero-order chi connectivity index (χ0) is 15.9. The van der Waals surface area contributed by atoms with Crippen molar-refractivity contribution in [2.75, 3.05) is 0 Å². The van der Waals surface area contributed by atoms with Crippen LogP contribution in [0, 0.1) is 0 Å². The number of thioether (sulfide) groups is 1. The van der Waals surface area contributed by atoms with Crippen LogP contribution in [0.4, 0.5) is 4.79 Å². The second-order valence-electron chi connectivity index (χ2n) is 5.52. The van der Waals surface area contributed by atoms with Gasteiger partial charge < -0.3 is 4.57 Å². The number of carbonyl (C=O) groups excluding carboxylic acids is 2. The summed E-state index contributed by atoms with van der Waals surface area (Å²) < 4.78 is 2.03. The average Bonchev–Trinajstić information content (AvgIpc) is 2.97. The van der Waals surface area contributed by atoms with Gasteiger partial charge in [0.2, 0.25) is 0 Å². The Bertz CT molecular complexity index is 791. The van der Waals surface area contributed by atoms with Crippen molar-refractivity contribution in [3.8, 4) is 0 Å². The maximum absolute atomic E-state index is 12.5. The third-order valence-electron chi connectivity index (χ3n) is 4.07. The Morgan fingerprint density at radius 1 is 1.27 bits per heavy atom. The van der Waals surface area contributed by atoms with Crippen LogP contribution in [-0.4, -0.2) is 26.7 Å². The lowest BCUT2D eigenvalue weighted by Crippen LogP contribution is -2.36. The summed E-state index contributed by atoms with van der Waals surface area (Å²) in [4.78, 5) is 26.4. The third kappa shape index (κ3) is 2.35. The number of aromatic nitrogens is 1. The van der Waals surface area contributed by atoms with Gasteiger partial charge >= 0.3 is 0 Å². The summed E-state index contributed by atoms with van der Waals surface area (Å²) in [5, 5.41) is 0.908. The number of para-hydroxylation sites is 1. The van der Waals surface area contributed by atoms with Gasteiger partial charge in [0.25, 0.3) is 11.1 Å². The average molecular weight is 314 g/mol. The van der Waals surface area contributed by atoms with E-state index < -0.39 is 0 Å². The van der Waals surface area contributed by atoms with Crippen molar-refractivity contribution in [1.29, 1.82) is 0 Å². The van der Waals surface area contributed by atoms with Gasteiger partial charge in [0.15, 0.2) is 0 Å². The topological polar surface area (TPSA) is 42.3 Å². The monoisotopic (exact) mass is 314 g/mol. The highest BCUT2D eigenvalue weighted by Gasteiger charge is 2.37. The summed E-state index contributed by atoms with van der Waals surface area (Å²) in [7, 11) is 1.98. The normalized spacial score (nSPS) is 18.7. The molecule has 2 amide bonds. The fraction of sp³-hybridized carbons (Fsp3) is 0.294. The van der Waals surface area contributed by atoms with Gasteiger partial charge in [-0.3, -0.25) is 14.5 Å². The molecule has 0 N–H and O–H groups in total. The van der Waals surface area contributed by atoms with E-state index in [0.29, 0.717) is 4.91 Å². The Hall–Kier alpha value is -2.01. The van der Waals surface area contributed by atoms with E-state index in [0.717, 1.165) is 34.6 Å². The van der Waals surface area contributed by atoms with Gasteiger partial charge in [-0.1, -0.05) is 25.1 Å². The van der Waals surface area contributed by atoms with Crippen LogP contribution in [0.25, 0.3) is 17.0 Å². The number of fused-ring (bicyclic) bond motifs is 1. The molecule has 0 saturated carbocycles. The summed E-state index contributed by atoms with van der Waals surface area (Å²) in [5.41, 5.74) is 2.07. The number of imide groups is 1. The van der Waals surface area contributed by atoms with E-state index in [9.17, 15) is 9.59 Å². The smallest absolute Gasteiger partial charge is 0.293 e. The van der Waals surface area contributed by atoms with Crippen LogP contribution in [-0.2, 0) is 11.8 Å². The van der Waals surface area contributed by atoms with Crippen LogP contribution in [0.5, 0.6) is 0 Å². The van der Waals surface area contributed by atoms with Crippen molar-refractivity contribution >= 4 is 39.9 Å². The minimum absolute atomic E-state index is 0.0640. The molecule has 114 valence electrons. The van der Waals surface area contributed by atoms with Crippen LogP contribution in [0.3, 0.4) is 0 Å². The van der Waals surface area contributed by atoms with E-state index in [1.165, 1.54) is 4.90 Å². The quantitative estimate of drug-likeness (QED) is 0.804. The molecule has 22 heavy (non-hydrogen) atoms.